The van der Waals surface area contributed by atoms with E-state index in [9.17, 15) is 9.90 Å². The van der Waals surface area contributed by atoms with Crippen LogP contribution in [-0.2, 0) is 4.79 Å². The molecule has 0 aromatic rings. The topological polar surface area (TPSA) is 49.3 Å². The number of quaternary nitrogens is 1. The Kier molecular flexibility index (Phi) is 4.54. The molecule has 1 fully saturated rings. The lowest BCUT2D eigenvalue weighted by molar-refractivity contribution is -0.963. The molecule has 1 atom stereocenters. The van der Waals surface area contributed by atoms with Gasteiger partial charge in [0.1, 0.15) is 25.7 Å². The van der Waals surface area contributed by atoms with Gasteiger partial charge in [0.15, 0.2) is 0 Å². The number of aliphatic hydroxyl groups is 1. The van der Waals surface area contributed by atoms with E-state index in [0.717, 1.165) is 25.9 Å². The second-order valence-electron chi connectivity index (χ2n) is 4.71. The first kappa shape index (κ1) is 12.5. The summed E-state index contributed by atoms with van der Waals surface area (Å²) in [5, 5.41) is 9.51. The number of carbonyl (C=O) groups is 1. The van der Waals surface area contributed by atoms with E-state index in [1.807, 2.05) is 0 Å². The van der Waals surface area contributed by atoms with E-state index in [0.29, 0.717) is 11.1 Å². The molecule has 0 aliphatic carbocycles. The van der Waals surface area contributed by atoms with Gasteiger partial charge in [-0.25, -0.2) is 10.0 Å². The zero-order valence-electron chi connectivity index (χ0n) is 9.83. The fraction of sp³-hybridized carbons (Fsp3) is 0.909. The third-order valence-electron chi connectivity index (χ3n) is 2.93. The summed E-state index contributed by atoms with van der Waals surface area (Å²) in [6.07, 6.45) is 4.37. The number of amides is 1. The first-order chi connectivity index (χ1) is 7.04. The molecule has 4 heteroatoms. The zero-order chi connectivity index (χ0) is 11.3. The van der Waals surface area contributed by atoms with Gasteiger partial charge in [-0.05, 0) is 32.6 Å². The van der Waals surface area contributed by atoms with E-state index in [1.165, 1.54) is 12.8 Å². The summed E-state index contributed by atoms with van der Waals surface area (Å²) >= 11 is 0. The van der Waals surface area contributed by atoms with E-state index >= 15 is 0 Å². The smallest absolute Gasteiger partial charge is 0.261 e. The van der Waals surface area contributed by atoms with Crippen LogP contribution in [0.2, 0.25) is 0 Å². The third kappa shape index (κ3) is 4.18. The van der Waals surface area contributed by atoms with Gasteiger partial charge in [0.2, 0.25) is 0 Å². The van der Waals surface area contributed by atoms with E-state index in [4.69, 9.17) is 0 Å². The van der Waals surface area contributed by atoms with Crippen LogP contribution in [-0.4, -0.2) is 41.3 Å². The quantitative estimate of drug-likeness (QED) is 0.684. The highest BCUT2D eigenvalue weighted by Crippen LogP contribution is 2.16. The molecule has 1 aliphatic rings. The number of rotatable bonds is 3. The minimum atomic E-state index is -0.366. The zero-order valence-corrected chi connectivity index (χ0v) is 9.83. The first-order valence-corrected chi connectivity index (χ1v) is 5.87. The minimum absolute atomic E-state index is 0.00227. The van der Waals surface area contributed by atoms with Gasteiger partial charge in [-0.3, -0.25) is 4.79 Å². The van der Waals surface area contributed by atoms with E-state index in [-0.39, 0.29) is 12.0 Å². The van der Waals surface area contributed by atoms with Crippen molar-refractivity contribution < 1.29 is 14.5 Å². The van der Waals surface area contributed by atoms with Crippen LogP contribution in [0.15, 0.2) is 0 Å². The maximum absolute atomic E-state index is 11.2. The fourth-order valence-corrected chi connectivity index (χ4v) is 2.47. The molecule has 88 valence electrons. The molecule has 1 aliphatic heterocycles. The van der Waals surface area contributed by atoms with Crippen molar-refractivity contribution in [2.75, 3.05) is 19.6 Å². The van der Waals surface area contributed by atoms with Crippen molar-refractivity contribution in [1.82, 2.24) is 5.43 Å². The van der Waals surface area contributed by atoms with Crippen LogP contribution in [0.5, 0.6) is 0 Å². The molecule has 0 spiro atoms. The normalized spacial score (nSPS) is 22.9. The molecule has 2 N–H and O–H groups in total. The van der Waals surface area contributed by atoms with Crippen LogP contribution in [0.3, 0.4) is 0 Å². The highest BCUT2D eigenvalue weighted by atomic mass is 16.3. The molecular formula is C11H23N2O2+. The molecule has 0 radical (unpaired) electrons. The Morgan fingerprint density at radius 3 is 2.27 bits per heavy atom. The summed E-state index contributed by atoms with van der Waals surface area (Å²) in [5.74, 6) is -0.00227. The Labute approximate surface area is 91.8 Å². The predicted molar refractivity (Wildman–Crippen MR) is 58.8 cm³/mol. The number of aliphatic hydroxyl groups excluding tert-OH is 1. The van der Waals surface area contributed by atoms with E-state index < -0.39 is 0 Å². The SMILES string of the molecule is CC(=O)N[N+]1(CC(C)O)CCCCCC1. The van der Waals surface area contributed by atoms with Crippen molar-refractivity contribution in [3.05, 3.63) is 0 Å². The first-order valence-electron chi connectivity index (χ1n) is 5.87. The lowest BCUT2D eigenvalue weighted by atomic mass is 10.2. The second kappa shape index (κ2) is 5.47. The molecule has 1 unspecified atom stereocenters. The van der Waals surface area contributed by atoms with Gasteiger partial charge in [0, 0.05) is 6.92 Å². The molecule has 0 aromatic heterocycles. The third-order valence-corrected chi connectivity index (χ3v) is 2.93. The van der Waals surface area contributed by atoms with Crippen molar-refractivity contribution in [1.29, 1.82) is 0 Å². The lowest BCUT2D eigenvalue weighted by Crippen LogP contribution is -2.62. The number of carbonyl (C=O) groups excluding carboxylic acids is 1. The van der Waals surface area contributed by atoms with Gasteiger partial charge in [0.05, 0.1) is 0 Å². The lowest BCUT2D eigenvalue weighted by Gasteiger charge is -2.37. The van der Waals surface area contributed by atoms with Gasteiger partial charge < -0.3 is 5.11 Å². The Bertz CT molecular complexity index is 209. The monoisotopic (exact) mass is 215 g/mol. The van der Waals surface area contributed by atoms with Gasteiger partial charge in [-0.2, -0.15) is 0 Å². The Morgan fingerprint density at radius 1 is 1.33 bits per heavy atom. The van der Waals surface area contributed by atoms with Crippen LogP contribution >= 0.6 is 0 Å². The standard InChI is InChI=1S/C11H22N2O2/c1-10(14)9-13(12-11(2)15)7-5-3-4-6-8-13/h10,14H,3-9H2,1-2H3/p+1. The van der Waals surface area contributed by atoms with Crippen molar-refractivity contribution in [3.63, 3.8) is 0 Å². The molecule has 1 saturated heterocycles. The average Bonchev–Trinajstić information content (AvgIpc) is 2.27. The molecule has 0 saturated carbocycles. The van der Waals surface area contributed by atoms with Crippen molar-refractivity contribution in [3.8, 4) is 0 Å². The number of nitrogens with zero attached hydrogens (tertiary/aromatic N) is 1. The van der Waals surface area contributed by atoms with Crippen LogP contribution in [0, 0.1) is 0 Å². The second-order valence-corrected chi connectivity index (χ2v) is 4.71. The summed E-state index contributed by atoms with van der Waals surface area (Å²) in [5.41, 5.74) is 3.01. The van der Waals surface area contributed by atoms with E-state index in [2.05, 4.69) is 5.43 Å². The maximum Gasteiger partial charge on any atom is 0.261 e. The molecule has 4 nitrogen and oxygen atoms in total. The summed E-state index contributed by atoms with van der Waals surface area (Å²) < 4.78 is 0.562. The van der Waals surface area contributed by atoms with E-state index in [1.54, 1.807) is 13.8 Å². The van der Waals surface area contributed by atoms with Crippen LogP contribution < -0.4 is 5.43 Å². The molecule has 0 bridgehead atoms. The largest absolute Gasteiger partial charge is 0.387 e. The van der Waals surface area contributed by atoms with Crippen LogP contribution in [0.1, 0.15) is 39.5 Å². The number of hydrogen-bond donors (Lipinski definition) is 2. The number of hydrogen-bond acceptors (Lipinski definition) is 2. The summed E-state index contributed by atoms with van der Waals surface area (Å²) in [4.78, 5) is 11.2. The molecule has 15 heavy (non-hydrogen) atoms. The Balaban J connectivity index is 2.67. The van der Waals surface area contributed by atoms with Crippen LogP contribution in [0.25, 0.3) is 0 Å². The fourth-order valence-electron chi connectivity index (χ4n) is 2.47. The Morgan fingerprint density at radius 2 is 1.87 bits per heavy atom. The summed E-state index contributed by atoms with van der Waals surface area (Å²) in [6, 6.07) is 0. The minimum Gasteiger partial charge on any atom is -0.387 e. The van der Waals surface area contributed by atoms with Crippen molar-refractivity contribution in [2.24, 2.45) is 0 Å². The highest BCUT2D eigenvalue weighted by Gasteiger charge is 2.31. The summed E-state index contributed by atoms with van der Waals surface area (Å²) in [6.45, 7) is 5.86. The van der Waals surface area contributed by atoms with Crippen molar-refractivity contribution >= 4 is 5.91 Å². The maximum atomic E-state index is 11.2. The number of nitrogens with one attached hydrogen (secondary N) is 1. The molecule has 1 rings (SSSR count). The van der Waals surface area contributed by atoms with Gasteiger partial charge >= 0.3 is 0 Å². The van der Waals surface area contributed by atoms with Gasteiger partial charge in [-0.15, -0.1) is 0 Å². The Hall–Kier alpha value is -0.610. The molecular weight excluding hydrogens is 192 g/mol. The predicted octanol–water partition coefficient (Wildman–Crippen LogP) is 0.809. The van der Waals surface area contributed by atoms with Crippen LogP contribution in [0.4, 0.5) is 0 Å². The summed E-state index contributed by atoms with van der Waals surface area (Å²) in [7, 11) is 0. The average molecular weight is 215 g/mol. The molecule has 0 aromatic carbocycles. The molecule has 1 amide bonds. The van der Waals surface area contributed by atoms with Gasteiger partial charge in [-0.1, -0.05) is 0 Å². The highest BCUT2D eigenvalue weighted by molar-refractivity contribution is 5.71. The molecule has 1 heterocycles. The van der Waals surface area contributed by atoms with Gasteiger partial charge in [0.25, 0.3) is 5.91 Å². The van der Waals surface area contributed by atoms with Crippen molar-refractivity contribution in [2.45, 2.75) is 45.6 Å². The number of likely N-dealkylation sites (tertiary alicyclic amines) is 1.